The molecule has 0 aliphatic carbocycles. The maximum atomic E-state index is 13.6. The third-order valence-corrected chi connectivity index (χ3v) is 24.1. The molecule has 1 N–H and O–H groups in total. The zero-order valence-corrected chi connectivity index (χ0v) is 76.1. The summed E-state index contributed by atoms with van der Waals surface area (Å²) in [7, 11) is -3.54. The second kappa shape index (κ2) is 41.7. The number of phenolic OH excluding ortho intramolecular Hbond substituents is 1. The average Bonchev–Trinajstić information content (AvgIpc) is 1.65. The van der Waals surface area contributed by atoms with Gasteiger partial charge in [-0.1, -0.05) is 92.8 Å². The predicted octanol–water partition coefficient (Wildman–Crippen LogP) is 23.9. The SMILES string of the molecule is C[C@@H](Oc1ccc2c(c1)c(/C=C(\F)Br)nn2C1CCCCO1)c1c(Cl)cncc1Cl.C[C@@H](Oc1ccc2c(c1)c(C=O)nn2C1CCCCO1)c1c(Cl)cncc1Cl.C[C@@H](Oc1ccc2c(c1)c(I)nn2C1CCCCO1)c1c(Cl)cncc1Cl.C[C@H](OS(C)(=O)=O)c1c(Cl)cncc1Cl.Oc1ccc2c(c1)c(I)nn2C1CCCOC1. The van der Waals surface area contributed by atoms with Crippen molar-refractivity contribution in [1.29, 1.82) is 0 Å². The Kier molecular flexibility index (Phi) is 32.1. The van der Waals surface area contributed by atoms with Gasteiger partial charge in [0.15, 0.2) is 29.7 Å². The van der Waals surface area contributed by atoms with Gasteiger partial charge in [-0.2, -0.15) is 33.2 Å². The van der Waals surface area contributed by atoms with Crippen LogP contribution in [0.5, 0.6) is 23.0 Å². The van der Waals surface area contributed by atoms with Gasteiger partial charge in [0, 0.05) is 126 Å². The zero-order chi connectivity index (χ0) is 83.4. The Morgan fingerprint density at radius 1 is 0.487 bits per heavy atom. The first-order chi connectivity index (χ1) is 56.1. The average molecular weight is 2070 g/mol. The second-order valence-electron chi connectivity index (χ2n) is 27.5. The Morgan fingerprint density at radius 3 is 1.21 bits per heavy atom. The van der Waals surface area contributed by atoms with E-state index in [1.165, 1.54) is 43.3 Å². The van der Waals surface area contributed by atoms with Crippen LogP contribution < -0.4 is 14.2 Å². The van der Waals surface area contributed by atoms with E-state index in [9.17, 15) is 22.7 Å². The maximum absolute atomic E-state index is 13.6. The topological polar surface area (TPSA) is 268 Å². The smallest absolute Gasteiger partial charge is 0.264 e. The summed E-state index contributed by atoms with van der Waals surface area (Å²) in [5, 5.41) is 34.6. The van der Waals surface area contributed by atoms with E-state index in [1.807, 2.05) is 95.5 Å². The molecule has 0 radical (unpaired) electrons. The highest BCUT2D eigenvalue weighted by Crippen LogP contribution is 2.42. The molecular weight excluding hydrogens is 1990 g/mol. The molecule has 37 heteroatoms. The first kappa shape index (κ1) is 90.2. The van der Waals surface area contributed by atoms with Gasteiger partial charge in [0.25, 0.3) is 10.1 Å². The van der Waals surface area contributed by atoms with Crippen LogP contribution in [0.25, 0.3) is 49.7 Å². The summed E-state index contributed by atoms with van der Waals surface area (Å²) in [6.45, 7) is 10.9. The van der Waals surface area contributed by atoms with Crippen molar-refractivity contribution >= 4 is 220 Å². The number of aromatic hydroxyl groups is 1. The molecule has 4 unspecified atom stereocenters. The minimum atomic E-state index is -3.54. The molecular formula is C80H78BrCl8FI2N12O12S. The first-order valence-corrected chi connectivity index (χ1v) is 45.0. The van der Waals surface area contributed by atoms with Crippen molar-refractivity contribution in [1.82, 2.24) is 59.1 Å². The highest BCUT2D eigenvalue weighted by atomic mass is 127. The summed E-state index contributed by atoms with van der Waals surface area (Å²) < 4.78 is 90.5. The molecule has 4 saturated heterocycles. The fraction of sp³-hybridized carbons (Fsp3) is 0.362. The number of nitrogens with zero attached hydrogens (tertiary/aromatic N) is 12. The molecule has 0 amide bonds. The fourth-order valence-electron chi connectivity index (χ4n) is 13.9. The second-order valence-corrected chi connectivity index (χ2v) is 35.2. The van der Waals surface area contributed by atoms with Crippen molar-refractivity contribution in [3.05, 3.63) is 208 Å². The lowest BCUT2D eigenvalue weighted by molar-refractivity contribution is -0.0369. The number of rotatable bonds is 18. The van der Waals surface area contributed by atoms with E-state index in [-0.39, 0.29) is 40.6 Å². The molecule has 0 saturated carbocycles. The van der Waals surface area contributed by atoms with E-state index in [2.05, 4.69) is 96.3 Å². The van der Waals surface area contributed by atoms with Crippen molar-refractivity contribution < 1.29 is 60.1 Å². The summed E-state index contributed by atoms with van der Waals surface area (Å²) in [6, 6.07) is 22.8. The molecule has 4 fully saturated rings. The summed E-state index contributed by atoms with van der Waals surface area (Å²) in [6.07, 6.45) is 24.4. The Balaban J connectivity index is 0.000000138. The van der Waals surface area contributed by atoms with E-state index in [0.29, 0.717) is 89.0 Å². The molecule has 117 heavy (non-hydrogen) atoms. The van der Waals surface area contributed by atoms with Crippen molar-refractivity contribution in [3.8, 4) is 23.0 Å². The normalized spacial score (nSPS) is 18.2. The molecule has 16 rings (SSSR count). The van der Waals surface area contributed by atoms with E-state index in [0.717, 1.165) is 165 Å². The van der Waals surface area contributed by atoms with Crippen LogP contribution in [-0.2, 0) is 33.2 Å². The minimum absolute atomic E-state index is 0.00453. The van der Waals surface area contributed by atoms with Crippen LogP contribution in [0.15, 0.2) is 127 Å². The predicted molar refractivity (Wildman–Crippen MR) is 474 cm³/mol. The van der Waals surface area contributed by atoms with Gasteiger partial charge in [0.1, 0.15) is 60.5 Å². The molecule has 12 heterocycles. The van der Waals surface area contributed by atoms with Gasteiger partial charge >= 0.3 is 0 Å². The Morgan fingerprint density at radius 2 is 0.838 bits per heavy atom. The summed E-state index contributed by atoms with van der Waals surface area (Å²) >= 11 is 56.4. The quantitative estimate of drug-likeness (QED) is 0.0475. The molecule has 24 nitrogen and oxygen atoms in total. The van der Waals surface area contributed by atoms with E-state index in [1.54, 1.807) is 36.1 Å². The molecule has 4 aromatic carbocycles. The number of carbonyl (C=O) groups is 1. The number of benzene rings is 4. The van der Waals surface area contributed by atoms with Crippen LogP contribution in [0, 0.1) is 7.40 Å². The van der Waals surface area contributed by atoms with Gasteiger partial charge in [-0.3, -0.25) is 33.6 Å². The maximum Gasteiger partial charge on any atom is 0.264 e. The molecule has 0 spiro atoms. The minimum Gasteiger partial charge on any atom is -0.508 e. The number of ether oxygens (including phenoxy) is 7. The highest BCUT2D eigenvalue weighted by molar-refractivity contribution is 14.1. The molecule has 4 aliphatic heterocycles. The zero-order valence-electron chi connectivity index (χ0n) is 63.4. The van der Waals surface area contributed by atoms with Crippen LogP contribution in [0.3, 0.4) is 0 Å². The van der Waals surface area contributed by atoms with Gasteiger partial charge in [0.2, 0.25) is 0 Å². The molecule has 8 atom stereocenters. The third-order valence-electron chi connectivity index (χ3n) is 19.3. The van der Waals surface area contributed by atoms with Crippen molar-refractivity contribution in [2.24, 2.45) is 0 Å². The molecule has 620 valence electrons. The lowest BCUT2D eigenvalue weighted by Gasteiger charge is -2.23. The summed E-state index contributed by atoms with van der Waals surface area (Å²) in [5.74, 6) is 2.21. The number of fused-ring (bicyclic) bond motifs is 4. The summed E-state index contributed by atoms with van der Waals surface area (Å²) in [4.78, 5) is 27.2. The lowest BCUT2D eigenvalue weighted by Crippen LogP contribution is -2.22. The number of carbonyl (C=O) groups excluding carboxylic acids is 1. The first-order valence-electron chi connectivity index (χ1n) is 37.2. The molecule has 8 aromatic heterocycles. The van der Waals surface area contributed by atoms with Gasteiger partial charge in [-0.05, 0) is 232 Å². The Hall–Kier alpha value is -6.09. The van der Waals surface area contributed by atoms with Crippen molar-refractivity contribution in [3.63, 3.8) is 0 Å². The molecule has 0 bridgehead atoms. The number of pyridine rings is 4. The van der Waals surface area contributed by atoms with E-state index < -0.39 is 33.2 Å². The van der Waals surface area contributed by atoms with Crippen LogP contribution in [0.1, 0.15) is 186 Å². The summed E-state index contributed by atoms with van der Waals surface area (Å²) in [5.41, 5.74) is 7.14. The number of halogens is 12. The number of aldehydes is 1. The van der Waals surface area contributed by atoms with Crippen LogP contribution >= 0.6 is 154 Å². The van der Waals surface area contributed by atoms with E-state index >= 15 is 0 Å². The Bertz CT molecular complexity index is 5570. The molecule has 12 aromatic rings. The number of hydrogen-bond acceptors (Lipinski definition) is 20. The Labute approximate surface area is 750 Å². The number of aromatic nitrogens is 12. The van der Waals surface area contributed by atoms with Gasteiger partial charge in [-0.15, -0.1) is 0 Å². The van der Waals surface area contributed by atoms with Gasteiger partial charge in [-0.25, -0.2) is 14.0 Å². The van der Waals surface area contributed by atoms with Crippen molar-refractivity contribution in [2.75, 3.05) is 39.3 Å². The van der Waals surface area contributed by atoms with Crippen LogP contribution in [-0.4, -0.2) is 118 Å². The number of phenols is 1. The lowest BCUT2D eigenvalue weighted by atomic mass is 10.1. The molecule has 4 aliphatic rings. The monoisotopic (exact) mass is 2060 g/mol. The van der Waals surface area contributed by atoms with Gasteiger partial charge < -0.3 is 38.3 Å². The number of hydrogen-bond donors (Lipinski definition) is 1. The van der Waals surface area contributed by atoms with Gasteiger partial charge in [0.05, 0.1) is 86.8 Å². The standard InChI is InChI=1S/C21H19BrCl2FN3O2.C20H19Cl2N3O3.C19H18Cl2IN3O2.C12H13IN2O2.C8H9Cl2NO3S/c1-12(21-15(23)10-26-11-16(21)24)30-13-5-6-18-14(8-13)17(9-19(22)25)27-28(18)20-4-2-3-7-29-20;1-12(20-15(21)9-23-10-16(20)22)28-13-5-6-18-14(8-13)17(11-26)24-25(18)19-4-2-3-7-27-19;1-11(18-14(20)9-23-10-15(18)21)27-12-5-6-16-13(8-12)19(22)24-25(16)17-4-2-3-7-26-17;13-12-10-6-9(16)3-4-11(10)15(14-12)8-2-1-5-17-7-8;1-5(14-15(2,12)13)8-6(9)3-11-4-7(8)10/h5-6,8-12,20H,2-4,7H2,1H3;5-6,8-12,19H,2-4,7H2,1H3;5-6,8-11,17H,2-4,7H2,1H3;3-4,6,8,16H,1-2,5,7H2;3-5H,1-2H3/b19-9-;;;;/t12-,20?;12-,19?;11-,17?;;5-/m111.0/s1. The van der Waals surface area contributed by atoms with Crippen molar-refractivity contribution in [2.45, 2.75) is 147 Å². The highest BCUT2D eigenvalue weighted by Gasteiger charge is 2.29. The van der Waals surface area contributed by atoms with E-state index in [4.69, 9.17) is 135 Å². The third kappa shape index (κ3) is 22.8. The largest absolute Gasteiger partial charge is 0.508 e. The van der Waals surface area contributed by atoms with Crippen LogP contribution in [0.4, 0.5) is 4.39 Å². The van der Waals surface area contributed by atoms with Crippen LogP contribution in [0.2, 0.25) is 40.2 Å². The fourth-order valence-corrected chi connectivity index (χ4v) is 18.8.